The van der Waals surface area contributed by atoms with E-state index in [1.54, 1.807) is 12.1 Å². The Morgan fingerprint density at radius 2 is 1.79 bits per heavy atom. The van der Waals surface area contributed by atoms with Crippen LogP contribution in [0.3, 0.4) is 0 Å². The normalized spacial score (nSPS) is 22.8. The third-order valence-electron chi connectivity index (χ3n) is 8.98. The maximum Gasteiger partial charge on any atom is 0.224 e. The van der Waals surface area contributed by atoms with E-state index in [4.69, 9.17) is 0 Å². The Hall–Kier alpha value is -3.20. The molecule has 2 saturated carbocycles. The molecule has 2 aliphatic carbocycles. The molecule has 3 heteroatoms. The summed E-state index contributed by atoms with van der Waals surface area (Å²) < 4.78 is 19.2. The smallest absolute Gasteiger partial charge is 0.224 e. The molecule has 0 amide bonds. The first kappa shape index (κ1) is 18.3. The highest BCUT2D eigenvalue weighted by Gasteiger charge is 2.40. The molecule has 2 aliphatic rings. The van der Waals surface area contributed by atoms with E-state index in [2.05, 4.69) is 59.5 Å². The van der Waals surface area contributed by atoms with Crippen LogP contribution in [0.4, 0.5) is 4.39 Å². The molecule has 2 fully saturated rings. The van der Waals surface area contributed by atoms with E-state index in [-0.39, 0.29) is 5.82 Å². The Labute approximate surface area is 191 Å². The summed E-state index contributed by atoms with van der Waals surface area (Å²) in [6.07, 6.45) is 7.73. The van der Waals surface area contributed by atoms with Gasteiger partial charge in [-0.25, -0.2) is 8.96 Å². The van der Waals surface area contributed by atoms with E-state index >= 15 is 0 Å². The third kappa shape index (κ3) is 2.21. The highest BCUT2D eigenvalue weighted by atomic mass is 19.1. The molecule has 0 radical (unpaired) electrons. The highest BCUT2D eigenvalue weighted by molar-refractivity contribution is 6.25. The van der Waals surface area contributed by atoms with E-state index < -0.39 is 0 Å². The molecule has 3 heterocycles. The molecule has 3 aromatic carbocycles. The van der Waals surface area contributed by atoms with Crippen molar-refractivity contribution in [2.45, 2.75) is 38.5 Å². The summed E-state index contributed by atoms with van der Waals surface area (Å²) in [6, 6.07) is 16.9. The van der Waals surface area contributed by atoms with Gasteiger partial charge in [0.15, 0.2) is 6.20 Å². The molecule has 2 bridgehead atoms. The molecular formula is C30H26FN2+. The molecule has 2 nitrogen and oxygen atoms in total. The average Bonchev–Trinajstić information content (AvgIpc) is 3.52. The number of nitrogens with zero attached hydrogens (tertiary/aromatic N) is 2. The van der Waals surface area contributed by atoms with Gasteiger partial charge in [-0.15, -0.1) is 0 Å². The van der Waals surface area contributed by atoms with Crippen molar-refractivity contribution in [2.75, 3.05) is 0 Å². The van der Waals surface area contributed by atoms with Crippen molar-refractivity contribution in [3.05, 3.63) is 71.7 Å². The summed E-state index contributed by atoms with van der Waals surface area (Å²) in [5.74, 6) is 2.23. The lowest BCUT2D eigenvalue weighted by Gasteiger charge is -2.23. The Balaban J connectivity index is 1.64. The molecule has 3 unspecified atom stereocenters. The van der Waals surface area contributed by atoms with Gasteiger partial charge in [0.1, 0.15) is 12.9 Å². The maximum absolute atomic E-state index is 14.5. The van der Waals surface area contributed by atoms with Crippen molar-refractivity contribution in [3.63, 3.8) is 0 Å². The van der Waals surface area contributed by atoms with Gasteiger partial charge in [-0.2, -0.15) is 0 Å². The molecule has 8 rings (SSSR count). The van der Waals surface area contributed by atoms with E-state index in [0.29, 0.717) is 5.92 Å². The van der Waals surface area contributed by atoms with Crippen LogP contribution in [0.5, 0.6) is 0 Å². The van der Waals surface area contributed by atoms with Crippen LogP contribution in [0, 0.1) is 24.6 Å². The number of rotatable bonds is 1. The summed E-state index contributed by atoms with van der Waals surface area (Å²) in [4.78, 5) is 0. The van der Waals surface area contributed by atoms with Crippen LogP contribution in [-0.4, -0.2) is 4.40 Å². The first-order chi connectivity index (χ1) is 16.1. The third-order valence-corrected chi connectivity index (χ3v) is 8.98. The summed E-state index contributed by atoms with van der Waals surface area (Å²) >= 11 is 0. The van der Waals surface area contributed by atoms with Gasteiger partial charge in [0.05, 0.1) is 27.3 Å². The molecule has 6 aromatic rings. The van der Waals surface area contributed by atoms with Gasteiger partial charge in [-0.05, 0) is 84.7 Å². The second-order valence-electron chi connectivity index (χ2n) is 10.7. The number of hydrogen-bond acceptors (Lipinski definition) is 0. The molecule has 162 valence electrons. The minimum Gasteiger partial charge on any atom is -0.307 e. The molecule has 3 aromatic heterocycles. The second-order valence-corrected chi connectivity index (χ2v) is 10.7. The minimum atomic E-state index is -0.176. The van der Waals surface area contributed by atoms with Crippen molar-refractivity contribution in [3.8, 4) is 0 Å². The lowest BCUT2D eigenvalue weighted by Crippen LogP contribution is -2.29. The van der Waals surface area contributed by atoms with Crippen LogP contribution >= 0.6 is 0 Å². The standard InChI is InChI=1S/C30H26FN2/c1-16-3-7-23-22-8-6-21(31)15-25(22)33-26-14-20(24-12-17-4-5-18(24)11-17)13-19-9-10-32(2)30(28(19)26)27(16)29(23)33/h3,6-10,13-15,17-18,24H,4-5,11-12H2,1-2H3/q+1. The van der Waals surface area contributed by atoms with Crippen molar-refractivity contribution in [2.24, 2.45) is 18.9 Å². The van der Waals surface area contributed by atoms with Crippen molar-refractivity contribution >= 4 is 49.0 Å². The van der Waals surface area contributed by atoms with Crippen LogP contribution in [-0.2, 0) is 7.05 Å². The lowest BCUT2D eigenvalue weighted by atomic mass is 9.82. The average molecular weight is 434 g/mol. The number of benzene rings is 3. The summed E-state index contributed by atoms with van der Waals surface area (Å²) in [5, 5.41) is 6.20. The Kier molecular flexibility index (Phi) is 3.33. The minimum absolute atomic E-state index is 0.176. The highest BCUT2D eigenvalue weighted by Crippen LogP contribution is 2.53. The Morgan fingerprint density at radius 3 is 2.61 bits per heavy atom. The topological polar surface area (TPSA) is 8.29 Å². The van der Waals surface area contributed by atoms with Crippen LogP contribution in [0.15, 0.2) is 54.7 Å². The van der Waals surface area contributed by atoms with Gasteiger partial charge in [0.25, 0.3) is 0 Å². The lowest BCUT2D eigenvalue weighted by molar-refractivity contribution is -0.643. The maximum atomic E-state index is 14.5. The fraction of sp³-hybridized carbons (Fsp3) is 0.300. The molecular weight excluding hydrogens is 407 g/mol. The summed E-state index contributed by atoms with van der Waals surface area (Å²) in [7, 11) is 2.15. The summed E-state index contributed by atoms with van der Waals surface area (Å²) in [5.41, 5.74) is 7.43. The van der Waals surface area contributed by atoms with Gasteiger partial charge >= 0.3 is 0 Å². The Morgan fingerprint density at radius 1 is 0.909 bits per heavy atom. The van der Waals surface area contributed by atoms with Gasteiger partial charge in [-0.1, -0.05) is 24.6 Å². The predicted molar refractivity (Wildman–Crippen MR) is 133 cm³/mol. The first-order valence-corrected chi connectivity index (χ1v) is 12.3. The fourth-order valence-corrected chi connectivity index (χ4v) is 7.58. The van der Waals surface area contributed by atoms with Crippen LogP contribution in [0.1, 0.15) is 42.7 Å². The fourth-order valence-electron chi connectivity index (χ4n) is 7.58. The number of hydrogen-bond donors (Lipinski definition) is 0. The quantitative estimate of drug-likeness (QED) is 0.148. The Bertz CT molecular complexity index is 1780. The van der Waals surface area contributed by atoms with E-state index in [1.165, 1.54) is 74.9 Å². The number of halogens is 1. The van der Waals surface area contributed by atoms with Crippen molar-refractivity contribution in [1.82, 2.24) is 4.40 Å². The van der Waals surface area contributed by atoms with Crippen molar-refractivity contribution in [1.29, 1.82) is 0 Å². The molecule has 33 heavy (non-hydrogen) atoms. The van der Waals surface area contributed by atoms with Gasteiger partial charge in [0, 0.05) is 16.8 Å². The van der Waals surface area contributed by atoms with E-state index in [1.807, 2.05) is 6.07 Å². The van der Waals surface area contributed by atoms with Crippen LogP contribution < -0.4 is 4.57 Å². The van der Waals surface area contributed by atoms with Crippen LogP contribution in [0.2, 0.25) is 0 Å². The SMILES string of the molecule is Cc1ccc2c3ccc(F)cc3n3c4cc(C5CC6CCC5C6)cc5cc[n+](C)c(c1c23)c54. The number of pyridine rings is 2. The van der Waals surface area contributed by atoms with Crippen LogP contribution in [0.25, 0.3) is 49.0 Å². The zero-order valence-electron chi connectivity index (χ0n) is 19.0. The second kappa shape index (κ2) is 6.02. The first-order valence-electron chi connectivity index (χ1n) is 12.3. The predicted octanol–water partition coefficient (Wildman–Crippen LogP) is 7.17. The van der Waals surface area contributed by atoms with Crippen molar-refractivity contribution < 1.29 is 8.96 Å². The summed E-state index contributed by atoms with van der Waals surface area (Å²) in [6.45, 7) is 2.20. The van der Waals surface area contributed by atoms with E-state index in [0.717, 1.165) is 22.7 Å². The molecule has 0 N–H and O–H groups in total. The monoisotopic (exact) mass is 433 g/mol. The number of aryl methyl sites for hydroxylation is 2. The molecule has 3 atom stereocenters. The molecule has 0 aliphatic heterocycles. The van der Waals surface area contributed by atoms with E-state index in [9.17, 15) is 4.39 Å². The van der Waals surface area contributed by atoms with Gasteiger partial charge < -0.3 is 4.40 Å². The zero-order chi connectivity index (χ0) is 22.0. The number of fused-ring (bicyclic) bond motifs is 7. The zero-order valence-corrected chi connectivity index (χ0v) is 19.0. The molecule has 0 saturated heterocycles. The van der Waals surface area contributed by atoms with Gasteiger partial charge in [-0.3, -0.25) is 0 Å². The number of aromatic nitrogens is 2. The largest absolute Gasteiger partial charge is 0.307 e. The molecule has 0 spiro atoms. The van der Waals surface area contributed by atoms with Gasteiger partial charge in [0.2, 0.25) is 5.52 Å².